The molecule has 2 amide bonds. The fourth-order valence-corrected chi connectivity index (χ4v) is 2.95. The summed E-state index contributed by atoms with van der Waals surface area (Å²) in [5, 5.41) is 1.86. The molecule has 0 aliphatic heterocycles. The SMILES string of the molecule is CC(C)(C)OC(=O)N(C(=O)OC(C)(C)C)c1ccc2ccccc2c1Br. The molecule has 0 atom stereocenters. The molecule has 140 valence electrons. The molecular formula is C20H24BrNO4. The highest BCUT2D eigenvalue weighted by Gasteiger charge is 2.34. The number of hydrogen-bond acceptors (Lipinski definition) is 4. The average Bonchev–Trinajstić information content (AvgIpc) is 2.46. The highest BCUT2D eigenvalue weighted by atomic mass is 79.9. The molecule has 0 saturated heterocycles. The van der Waals surface area contributed by atoms with E-state index in [4.69, 9.17) is 9.47 Å². The minimum atomic E-state index is -0.789. The zero-order valence-corrected chi connectivity index (χ0v) is 17.5. The average molecular weight is 422 g/mol. The highest BCUT2D eigenvalue weighted by molar-refractivity contribution is 9.10. The maximum absolute atomic E-state index is 12.8. The monoisotopic (exact) mass is 421 g/mol. The Morgan fingerprint density at radius 2 is 1.35 bits per heavy atom. The van der Waals surface area contributed by atoms with E-state index < -0.39 is 23.4 Å². The topological polar surface area (TPSA) is 55.8 Å². The molecule has 0 radical (unpaired) electrons. The Morgan fingerprint density at radius 1 is 0.846 bits per heavy atom. The maximum Gasteiger partial charge on any atom is 0.424 e. The van der Waals surface area contributed by atoms with E-state index in [1.165, 1.54) is 0 Å². The summed E-state index contributed by atoms with van der Waals surface area (Å²) in [6.07, 6.45) is -1.58. The Balaban J connectivity index is 2.55. The van der Waals surface area contributed by atoms with Crippen molar-refractivity contribution in [1.29, 1.82) is 0 Å². The van der Waals surface area contributed by atoms with Crippen LogP contribution in [0.3, 0.4) is 0 Å². The minimum absolute atomic E-state index is 0.368. The summed E-state index contributed by atoms with van der Waals surface area (Å²) < 4.78 is 11.5. The van der Waals surface area contributed by atoms with E-state index in [1.54, 1.807) is 47.6 Å². The van der Waals surface area contributed by atoms with Gasteiger partial charge in [-0.25, -0.2) is 9.59 Å². The van der Waals surface area contributed by atoms with Crippen molar-refractivity contribution in [2.75, 3.05) is 4.90 Å². The zero-order chi connectivity index (χ0) is 19.7. The van der Waals surface area contributed by atoms with Crippen LogP contribution < -0.4 is 4.90 Å². The van der Waals surface area contributed by atoms with Crippen LogP contribution in [0.15, 0.2) is 40.9 Å². The summed E-state index contributed by atoms with van der Waals surface area (Å²) in [4.78, 5) is 26.4. The van der Waals surface area contributed by atoms with Crippen LogP contribution in [0, 0.1) is 0 Å². The molecule has 0 N–H and O–H groups in total. The van der Waals surface area contributed by atoms with Gasteiger partial charge in [0, 0.05) is 4.47 Å². The van der Waals surface area contributed by atoms with Crippen LogP contribution in [0.1, 0.15) is 41.5 Å². The number of carbonyl (C=O) groups excluding carboxylic acids is 2. The van der Waals surface area contributed by atoms with Crippen molar-refractivity contribution in [1.82, 2.24) is 0 Å². The van der Waals surface area contributed by atoms with Crippen molar-refractivity contribution in [3.63, 3.8) is 0 Å². The van der Waals surface area contributed by atoms with E-state index in [1.807, 2.05) is 30.3 Å². The largest absolute Gasteiger partial charge is 0.443 e. The molecule has 0 aromatic heterocycles. The summed E-state index contributed by atoms with van der Waals surface area (Å²) in [6, 6.07) is 11.2. The number of benzene rings is 2. The maximum atomic E-state index is 12.8. The Hall–Kier alpha value is -2.08. The molecule has 0 fully saturated rings. The predicted octanol–water partition coefficient (Wildman–Crippen LogP) is 6.28. The van der Waals surface area contributed by atoms with Gasteiger partial charge >= 0.3 is 12.2 Å². The molecule has 0 saturated carbocycles. The summed E-state index contributed by atoms with van der Waals surface area (Å²) >= 11 is 3.52. The Labute approximate surface area is 162 Å². The smallest absolute Gasteiger partial charge is 0.424 e. The number of halogens is 1. The van der Waals surface area contributed by atoms with Crippen LogP contribution in [0.5, 0.6) is 0 Å². The second kappa shape index (κ2) is 7.27. The number of imide groups is 1. The van der Waals surface area contributed by atoms with Crippen molar-refractivity contribution >= 4 is 44.6 Å². The number of amides is 2. The molecule has 2 rings (SSSR count). The normalized spacial score (nSPS) is 12.0. The van der Waals surface area contributed by atoms with Crippen molar-refractivity contribution in [3.05, 3.63) is 40.9 Å². The van der Waals surface area contributed by atoms with Gasteiger partial charge < -0.3 is 9.47 Å². The lowest BCUT2D eigenvalue weighted by atomic mass is 10.1. The fraction of sp³-hybridized carbons (Fsp3) is 0.400. The Morgan fingerprint density at radius 3 is 1.85 bits per heavy atom. The first-order chi connectivity index (χ1) is 11.9. The van der Waals surface area contributed by atoms with Gasteiger partial charge in [-0.1, -0.05) is 30.3 Å². The highest BCUT2D eigenvalue weighted by Crippen LogP contribution is 2.35. The van der Waals surface area contributed by atoms with Crippen LogP contribution in [0.25, 0.3) is 10.8 Å². The Bertz CT molecular complexity index is 806. The predicted molar refractivity (Wildman–Crippen MR) is 107 cm³/mol. The van der Waals surface area contributed by atoms with Gasteiger partial charge in [0.15, 0.2) is 0 Å². The van der Waals surface area contributed by atoms with Gasteiger partial charge in [0.1, 0.15) is 11.2 Å². The third-order valence-corrected chi connectivity index (χ3v) is 4.07. The number of ether oxygens (including phenoxy) is 2. The third-order valence-electron chi connectivity index (χ3n) is 3.24. The molecular weight excluding hydrogens is 398 g/mol. The van der Waals surface area contributed by atoms with E-state index in [9.17, 15) is 9.59 Å². The van der Waals surface area contributed by atoms with Crippen LogP contribution in [0.2, 0.25) is 0 Å². The van der Waals surface area contributed by atoms with Gasteiger partial charge in [-0.05, 0) is 74.3 Å². The van der Waals surface area contributed by atoms with Gasteiger partial charge in [0.25, 0.3) is 0 Å². The first-order valence-electron chi connectivity index (χ1n) is 8.32. The molecule has 0 unspecified atom stereocenters. The lowest BCUT2D eigenvalue weighted by Gasteiger charge is -2.29. The van der Waals surface area contributed by atoms with Crippen LogP contribution in [0.4, 0.5) is 15.3 Å². The number of anilines is 1. The van der Waals surface area contributed by atoms with E-state index in [0.29, 0.717) is 10.2 Å². The lowest BCUT2D eigenvalue weighted by molar-refractivity contribution is 0.0430. The molecule has 2 aromatic carbocycles. The third kappa shape index (κ3) is 4.97. The number of nitrogens with zero attached hydrogens (tertiary/aromatic N) is 1. The summed E-state index contributed by atoms with van der Waals surface area (Å²) in [5.74, 6) is 0. The van der Waals surface area contributed by atoms with Gasteiger partial charge in [-0.3, -0.25) is 0 Å². The number of rotatable bonds is 1. The van der Waals surface area contributed by atoms with E-state index >= 15 is 0 Å². The van der Waals surface area contributed by atoms with Crippen molar-refractivity contribution in [3.8, 4) is 0 Å². The van der Waals surface area contributed by atoms with E-state index in [2.05, 4.69) is 15.9 Å². The molecule has 0 aliphatic rings. The van der Waals surface area contributed by atoms with Crippen LogP contribution >= 0.6 is 15.9 Å². The summed E-state index contributed by atoms with van der Waals surface area (Å²) in [6.45, 7) is 10.5. The molecule has 0 spiro atoms. The number of carbonyl (C=O) groups is 2. The number of fused-ring (bicyclic) bond motifs is 1. The van der Waals surface area contributed by atoms with Crippen molar-refractivity contribution in [2.45, 2.75) is 52.7 Å². The van der Waals surface area contributed by atoms with E-state index in [0.717, 1.165) is 15.7 Å². The Kier molecular flexibility index (Phi) is 5.66. The number of hydrogen-bond donors (Lipinski definition) is 0. The molecule has 0 aliphatic carbocycles. The van der Waals surface area contributed by atoms with Crippen LogP contribution in [-0.4, -0.2) is 23.4 Å². The molecule has 5 nitrogen and oxygen atoms in total. The standard InChI is InChI=1S/C20H24BrNO4/c1-19(2,3)25-17(23)22(18(24)26-20(4,5)6)15-12-11-13-9-7-8-10-14(13)16(15)21/h7-12H,1-6H3. The second-order valence-electron chi connectivity index (χ2n) is 7.92. The molecule has 2 aromatic rings. The van der Waals surface area contributed by atoms with Crippen LogP contribution in [-0.2, 0) is 9.47 Å². The first kappa shape index (κ1) is 20.2. The zero-order valence-electron chi connectivity index (χ0n) is 15.9. The molecule has 6 heteroatoms. The summed E-state index contributed by atoms with van der Waals surface area (Å²) in [7, 11) is 0. The van der Waals surface area contributed by atoms with E-state index in [-0.39, 0.29) is 0 Å². The lowest BCUT2D eigenvalue weighted by Crippen LogP contribution is -2.44. The van der Waals surface area contributed by atoms with Gasteiger partial charge in [0.05, 0.1) is 5.69 Å². The van der Waals surface area contributed by atoms with Gasteiger partial charge in [-0.2, -0.15) is 4.90 Å². The first-order valence-corrected chi connectivity index (χ1v) is 9.12. The van der Waals surface area contributed by atoms with Crippen molar-refractivity contribution < 1.29 is 19.1 Å². The fourth-order valence-electron chi connectivity index (χ4n) is 2.28. The quantitative estimate of drug-likeness (QED) is 0.543. The van der Waals surface area contributed by atoms with Gasteiger partial charge in [0.2, 0.25) is 0 Å². The molecule has 0 bridgehead atoms. The second-order valence-corrected chi connectivity index (χ2v) is 8.71. The van der Waals surface area contributed by atoms with Crippen molar-refractivity contribution in [2.24, 2.45) is 0 Å². The summed E-state index contributed by atoms with van der Waals surface area (Å²) in [5.41, 5.74) is -1.13. The molecule has 0 heterocycles. The van der Waals surface area contributed by atoms with Gasteiger partial charge in [-0.15, -0.1) is 0 Å². The molecule has 26 heavy (non-hydrogen) atoms. The minimum Gasteiger partial charge on any atom is -0.443 e.